The molecule has 0 saturated carbocycles. The molecule has 0 spiro atoms. The Morgan fingerprint density at radius 1 is 1.03 bits per heavy atom. The Balaban J connectivity index is 1.48. The lowest BCUT2D eigenvalue weighted by Gasteiger charge is -2.07. The molecule has 0 aliphatic heterocycles. The van der Waals surface area contributed by atoms with Gasteiger partial charge in [-0.1, -0.05) is 19.1 Å². The van der Waals surface area contributed by atoms with Gasteiger partial charge in [0.25, 0.3) is 0 Å². The predicted octanol–water partition coefficient (Wildman–Crippen LogP) is 5.68. The standard InChI is InChI=1S/C25H19F2N7S/c1-2-28-9-13-8-14(11-29-10-13)22-21(27)20-17(12-30-22)33-34-24(20)25-31-16-5-3-4-15(23(16)32-25)18-6-7-19(26)35-18/h3-8,10-12,28H,2,9H2,1H3,(H,31,32)(H,33,34). The molecule has 0 fully saturated rings. The lowest BCUT2D eigenvalue weighted by Crippen LogP contribution is -2.11. The summed E-state index contributed by atoms with van der Waals surface area (Å²) in [6.45, 7) is 3.47. The van der Waals surface area contributed by atoms with Crippen molar-refractivity contribution in [3.05, 3.63) is 71.5 Å². The minimum absolute atomic E-state index is 0.192. The van der Waals surface area contributed by atoms with Crippen molar-refractivity contribution >= 4 is 33.3 Å². The molecule has 35 heavy (non-hydrogen) atoms. The Labute approximate surface area is 202 Å². The second-order valence-electron chi connectivity index (χ2n) is 8.03. The van der Waals surface area contributed by atoms with Gasteiger partial charge in [0.05, 0.1) is 28.1 Å². The zero-order valence-corrected chi connectivity index (χ0v) is 19.4. The van der Waals surface area contributed by atoms with Crippen LogP contribution in [0, 0.1) is 10.9 Å². The van der Waals surface area contributed by atoms with Crippen LogP contribution in [0.25, 0.3) is 55.2 Å². The molecule has 0 unspecified atom stereocenters. The molecule has 7 nitrogen and oxygen atoms in total. The second-order valence-corrected chi connectivity index (χ2v) is 9.07. The van der Waals surface area contributed by atoms with Crippen molar-refractivity contribution in [2.75, 3.05) is 6.54 Å². The number of halogens is 2. The smallest absolute Gasteiger partial charge is 0.176 e. The number of hydrogen-bond donors (Lipinski definition) is 3. The molecule has 174 valence electrons. The summed E-state index contributed by atoms with van der Waals surface area (Å²) in [6.07, 6.45) is 4.90. The Kier molecular flexibility index (Phi) is 5.31. The quantitative estimate of drug-likeness (QED) is 0.281. The van der Waals surface area contributed by atoms with E-state index in [-0.39, 0.29) is 16.2 Å². The Bertz CT molecular complexity index is 1680. The van der Waals surface area contributed by atoms with E-state index in [0.717, 1.165) is 39.4 Å². The van der Waals surface area contributed by atoms with E-state index >= 15 is 4.39 Å². The highest BCUT2D eigenvalue weighted by Crippen LogP contribution is 2.36. The molecule has 6 rings (SSSR count). The maximum atomic E-state index is 15.9. The number of hydrogen-bond acceptors (Lipinski definition) is 6. The van der Waals surface area contributed by atoms with Gasteiger partial charge in [0.2, 0.25) is 0 Å². The highest BCUT2D eigenvalue weighted by molar-refractivity contribution is 7.14. The number of nitrogens with one attached hydrogen (secondary N) is 3. The van der Waals surface area contributed by atoms with E-state index in [0.29, 0.717) is 34.7 Å². The molecule has 1 aromatic carbocycles. The van der Waals surface area contributed by atoms with E-state index in [4.69, 9.17) is 4.98 Å². The van der Waals surface area contributed by atoms with E-state index in [2.05, 4.69) is 30.5 Å². The van der Waals surface area contributed by atoms with Crippen molar-refractivity contribution in [2.45, 2.75) is 13.5 Å². The third-order valence-electron chi connectivity index (χ3n) is 5.77. The van der Waals surface area contributed by atoms with Crippen molar-refractivity contribution in [1.82, 2.24) is 35.5 Å². The Hall–Kier alpha value is -4.02. The van der Waals surface area contributed by atoms with Crippen LogP contribution in [0.3, 0.4) is 0 Å². The van der Waals surface area contributed by atoms with Crippen LogP contribution >= 0.6 is 11.3 Å². The predicted molar refractivity (Wildman–Crippen MR) is 133 cm³/mol. The molecule has 6 aromatic rings. The number of nitrogens with zero attached hydrogens (tertiary/aromatic N) is 4. The lowest BCUT2D eigenvalue weighted by atomic mass is 10.1. The van der Waals surface area contributed by atoms with Gasteiger partial charge in [0, 0.05) is 34.9 Å². The zero-order valence-electron chi connectivity index (χ0n) is 18.6. The monoisotopic (exact) mass is 487 g/mol. The summed E-state index contributed by atoms with van der Waals surface area (Å²) in [6, 6.07) is 10.7. The van der Waals surface area contributed by atoms with Crippen LogP contribution in [0.15, 0.2) is 55.0 Å². The average molecular weight is 488 g/mol. The van der Waals surface area contributed by atoms with Gasteiger partial charge in [-0.3, -0.25) is 15.1 Å². The minimum Gasteiger partial charge on any atom is -0.337 e. The van der Waals surface area contributed by atoms with Gasteiger partial charge in [0.1, 0.15) is 11.4 Å². The van der Waals surface area contributed by atoms with Gasteiger partial charge < -0.3 is 10.3 Å². The summed E-state index contributed by atoms with van der Waals surface area (Å²) in [7, 11) is 0. The molecule has 0 radical (unpaired) electrons. The molecule has 0 aliphatic carbocycles. The third kappa shape index (κ3) is 3.76. The van der Waals surface area contributed by atoms with Gasteiger partial charge in [-0.2, -0.15) is 9.49 Å². The van der Waals surface area contributed by atoms with Gasteiger partial charge in [-0.15, -0.1) is 11.3 Å². The highest BCUT2D eigenvalue weighted by Gasteiger charge is 2.21. The summed E-state index contributed by atoms with van der Waals surface area (Å²) in [4.78, 5) is 17.3. The van der Waals surface area contributed by atoms with Crippen molar-refractivity contribution in [2.24, 2.45) is 0 Å². The first-order valence-electron chi connectivity index (χ1n) is 11.0. The van der Waals surface area contributed by atoms with Crippen molar-refractivity contribution < 1.29 is 8.78 Å². The van der Waals surface area contributed by atoms with Crippen molar-refractivity contribution in [1.29, 1.82) is 0 Å². The first-order chi connectivity index (χ1) is 17.1. The molecule has 0 aliphatic rings. The fourth-order valence-corrected chi connectivity index (χ4v) is 4.89. The first kappa shape index (κ1) is 21.5. The molecule has 3 N–H and O–H groups in total. The maximum Gasteiger partial charge on any atom is 0.176 e. The van der Waals surface area contributed by atoms with E-state index in [9.17, 15) is 4.39 Å². The van der Waals surface area contributed by atoms with Gasteiger partial charge in [-0.05, 0) is 36.4 Å². The number of pyridine rings is 2. The number of aromatic amines is 2. The number of H-pyrrole nitrogens is 2. The highest BCUT2D eigenvalue weighted by atomic mass is 32.1. The van der Waals surface area contributed by atoms with Gasteiger partial charge in [0.15, 0.2) is 16.8 Å². The molecule has 0 saturated heterocycles. The first-order valence-corrected chi connectivity index (χ1v) is 11.9. The topological polar surface area (TPSA) is 95.2 Å². The molecule has 0 amide bonds. The second kappa shape index (κ2) is 8.64. The van der Waals surface area contributed by atoms with Crippen LogP contribution in [-0.4, -0.2) is 36.7 Å². The van der Waals surface area contributed by atoms with E-state index in [1.54, 1.807) is 24.7 Å². The molecule has 0 atom stereocenters. The Morgan fingerprint density at radius 2 is 1.94 bits per heavy atom. The maximum absolute atomic E-state index is 15.9. The van der Waals surface area contributed by atoms with Crippen LogP contribution in [0.1, 0.15) is 12.5 Å². The largest absolute Gasteiger partial charge is 0.337 e. The average Bonchev–Trinajstić information content (AvgIpc) is 3.60. The molecular formula is C25H19F2N7S. The fourth-order valence-electron chi connectivity index (χ4n) is 4.13. The molecule has 5 aromatic heterocycles. The van der Waals surface area contributed by atoms with Crippen LogP contribution in [0.4, 0.5) is 8.78 Å². The van der Waals surface area contributed by atoms with Crippen LogP contribution in [-0.2, 0) is 6.54 Å². The summed E-state index contributed by atoms with van der Waals surface area (Å²) in [5.41, 5.74) is 4.72. The summed E-state index contributed by atoms with van der Waals surface area (Å²) >= 11 is 1.05. The summed E-state index contributed by atoms with van der Waals surface area (Å²) in [5.74, 6) is -0.0968. The van der Waals surface area contributed by atoms with Crippen LogP contribution < -0.4 is 5.32 Å². The number of fused-ring (bicyclic) bond motifs is 2. The summed E-state index contributed by atoms with van der Waals surface area (Å²) < 4.78 is 29.5. The van der Waals surface area contributed by atoms with Crippen molar-refractivity contribution in [3.8, 4) is 33.2 Å². The minimum atomic E-state index is -0.505. The zero-order chi connectivity index (χ0) is 23.9. The van der Waals surface area contributed by atoms with Crippen LogP contribution in [0.2, 0.25) is 0 Å². The van der Waals surface area contributed by atoms with Crippen LogP contribution in [0.5, 0.6) is 0 Å². The number of thiophene rings is 1. The lowest BCUT2D eigenvalue weighted by molar-refractivity contribution is 0.638. The van der Waals surface area contributed by atoms with Crippen molar-refractivity contribution in [3.63, 3.8) is 0 Å². The number of benzene rings is 1. The number of imidazole rings is 1. The number of rotatable bonds is 6. The normalized spacial score (nSPS) is 11.6. The number of para-hydroxylation sites is 1. The third-order valence-corrected chi connectivity index (χ3v) is 6.67. The van der Waals surface area contributed by atoms with Gasteiger partial charge in [-0.25, -0.2) is 9.37 Å². The van der Waals surface area contributed by atoms with E-state index in [1.165, 1.54) is 6.07 Å². The molecule has 5 heterocycles. The van der Waals surface area contributed by atoms with E-state index < -0.39 is 5.82 Å². The molecular weight excluding hydrogens is 468 g/mol. The van der Waals surface area contributed by atoms with E-state index in [1.807, 2.05) is 31.2 Å². The fraction of sp³-hybridized carbons (Fsp3) is 0.120. The summed E-state index contributed by atoms with van der Waals surface area (Å²) in [5, 5.41) is 10.5. The number of aromatic nitrogens is 6. The molecule has 0 bridgehead atoms. The molecule has 10 heteroatoms. The Morgan fingerprint density at radius 3 is 2.77 bits per heavy atom. The SMILES string of the molecule is CCNCc1cncc(-c2ncc3[nH]nc(-c4nc5c(-c6ccc(F)s6)cccc5[nH]4)c3c2F)c1. The van der Waals surface area contributed by atoms with Gasteiger partial charge >= 0.3 is 0 Å².